The van der Waals surface area contributed by atoms with E-state index in [0.717, 1.165) is 4.70 Å². The number of likely N-dealkylation sites (N-methyl/N-ethyl adjacent to an activating group) is 1. The van der Waals surface area contributed by atoms with Crippen molar-refractivity contribution in [3.63, 3.8) is 0 Å². The summed E-state index contributed by atoms with van der Waals surface area (Å²) in [6.45, 7) is 16.1. The van der Waals surface area contributed by atoms with Crippen molar-refractivity contribution in [2.75, 3.05) is 68.5 Å². The van der Waals surface area contributed by atoms with Gasteiger partial charge in [0.15, 0.2) is 10.9 Å². The molecule has 2 aliphatic heterocycles. The Labute approximate surface area is 300 Å². The molecule has 0 radical (unpaired) electrons. The van der Waals surface area contributed by atoms with E-state index in [9.17, 15) is 9.59 Å². The molecular weight excluding hydrogens is 683 g/mol. The Hall–Kier alpha value is -4.01. The summed E-state index contributed by atoms with van der Waals surface area (Å²) in [5, 5.41) is 3.65. The van der Waals surface area contributed by atoms with Gasteiger partial charge in [0.25, 0.3) is 0 Å². The van der Waals surface area contributed by atoms with Gasteiger partial charge in [-0.25, -0.2) is 23.9 Å². The molecule has 0 atom stereocenters. The van der Waals surface area contributed by atoms with Crippen molar-refractivity contribution >= 4 is 73.1 Å². The highest BCUT2D eigenvalue weighted by Gasteiger charge is 2.42. The van der Waals surface area contributed by atoms with Gasteiger partial charge in [0.1, 0.15) is 22.5 Å². The Morgan fingerprint density at radius 1 is 0.960 bits per heavy atom. The molecule has 0 saturated carbocycles. The lowest BCUT2D eigenvalue weighted by molar-refractivity contribution is 0.0240. The van der Waals surface area contributed by atoms with Crippen LogP contribution < -0.4 is 15.1 Å². The Morgan fingerprint density at radius 2 is 1.62 bits per heavy atom. The van der Waals surface area contributed by atoms with E-state index < -0.39 is 23.1 Å². The molecule has 0 spiro atoms. The Balaban J connectivity index is 1.40. The minimum absolute atomic E-state index is 0.0769. The number of hydrogen-bond acceptors (Lipinski definition) is 11. The fraction of sp³-hybridized carbons (Fsp3) is 0.514. The molecule has 50 heavy (non-hydrogen) atoms. The van der Waals surface area contributed by atoms with Crippen LogP contribution in [0.2, 0.25) is 5.02 Å². The number of anilines is 3. The average molecular weight is 727 g/mol. The summed E-state index contributed by atoms with van der Waals surface area (Å²) in [6.07, 6.45) is -0.999. The van der Waals surface area contributed by atoms with Gasteiger partial charge in [-0.1, -0.05) is 35.1 Å². The molecule has 2 aromatic carbocycles. The molecule has 2 saturated heterocycles. The van der Waals surface area contributed by atoms with Gasteiger partial charge < -0.3 is 29.1 Å². The second-order valence-corrected chi connectivity index (χ2v) is 16.7. The van der Waals surface area contributed by atoms with Gasteiger partial charge >= 0.3 is 12.2 Å². The van der Waals surface area contributed by atoms with E-state index in [-0.39, 0.29) is 27.7 Å². The topological polar surface area (TPSA) is 116 Å². The maximum atomic E-state index is 17.1. The number of benzene rings is 2. The van der Waals surface area contributed by atoms with Crippen LogP contribution in [0, 0.1) is 5.82 Å². The SMILES string of the molecule is CN(C)C1(C)CN(c2nc(N3CCN(C(=O)OC(C)(C)C)CC3)c3cc(Cl)c(-c4cccc5sc(NC(=O)OC(C)(C)C)nc45)c(F)c3n2)C1. The van der Waals surface area contributed by atoms with E-state index in [1.165, 1.54) is 11.3 Å². The molecule has 15 heteroatoms. The third kappa shape index (κ3) is 7.24. The highest BCUT2D eigenvalue weighted by molar-refractivity contribution is 7.22. The molecule has 2 amide bonds. The van der Waals surface area contributed by atoms with Gasteiger partial charge in [-0.15, -0.1) is 0 Å². The Bertz CT molecular complexity index is 1960. The molecule has 12 nitrogen and oxygen atoms in total. The van der Waals surface area contributed by atoms with Crippen LogP contribution in [0.25, 0.3) is 32.2 Å². The van der Waals surface area contributed by atoms with Crippen LogP contribution in [0.1, 0.15) is 48.5 Å². The Morgan fingerprint density at radius 3 is 2.24 bits per heavy atom. The number of thiazole rings is 1. The molecule has 0 aliphatic carbocycles. The lowest BCUT2D eigenvalue weighted by Crippen LogP contribution is -2.67. The van der Waals surface area contributed by atoms with Crippen LogP contribution in [0.3, 0.4) is 0 Å². The first kappa shape index (κ1) is 35.8. The maximum absolute atomic E-state index is 17.1. The number of hydrogen-bond donors (Lipinski definition) is 1. The smallest absolute Gasteiger partial charge is 0.413 e. The number of carbonyl (C=O) groups excluding carboxylic acids is 2. The first-order chi connectivity index (χ1) is 23.3. The van der Waals surface area contributed by atoms with Crippen molar-refractivity contribution < 1.29 is 23.5 Å². The zero-order valence-electron chi connectivity index (χ0n) is 30.0. The van der Waals surface area contributed by atoms with Crippen molar-refractivity contribution in [2.24, 2.45) is 0 Å². The summed E-state index contributed by atoms with van der Waals surface area (Å²) >= 11 is 8.20. The summed E-state index contributed by atoms with van der Waals surface area (Å²) < 4.78 is 28.8. The van der Waals surface area contributed by atoms with Crippen molar-refractivity contribution in [3.05, 3.63) is 35.1 Å². The van der Waals surface area contributed by atoms with E-state index in [0.29, 0.717) is 72.6 Å². The minimum atomic E-state index is -0.681. The Kier molecular flexibility index (Phi) is 9.27. The standard InChI is InChI=1S/C35H44ClFN8O4S/c1-33(2,3)48-31(46)41-30-39-26-20(11-10-12-23(26)50-30)24-22(36)17-21-27(25(24)37)38-29(45-18-35(7,19-45)42(8)9)40-28(21)43-13-15-44(16-14-43)32(47)49-34(4,5)6/h10-12,17H,13-16,18-19H2,1-9H3,(H,39,41,46). The summed E-state index contributed by atoms with van der Waals surface area (Å²) in [5.41, 5.74) is -0.108. The van der Waals surface area contributed by atoms with E-state index in [1.54, 1.807) is 43.9 Å². The van der Waals surface area contributed by atoms with E-state index in [1.807, 2.05) is 50.7 Å². The molecule has 0 unspecified atom stereocenters. The molecule has 0 bridgehead atoms. The normalized spacial score (nSPS) is 16.6. The van der Waals surface area contributed by atoms with Crippen LogP contribution in [-0.4, -0.2) is 107 Å². The lowest BCUT2D eigenvalue weighted by Gasteiger charge is -2.52. The molecule has 4 aromatic rings. The number of piperazine rings is 1. The summed E-state index contributed by atoms with van der Waals surface area (Å²) in [4.78, 5) is 47.6. The van der Waals surface area contributed by atoms with Gasteiger partial charge in [-0.2, -0.15) is 4.98 Å². The zero-order chi connectivity index (χ0) is 36.3. The summed E-state index contributed by atoms with van der Waals surface area (Å²) in [5.74, 6) is 0.377. The fourth-order valence-corrected chi connectivity index (χ4v) is 7.19. The minimum Gasteiger partial charge on any atom is -0.444 e. The predicted molar refractivity (Wildman–Crippen MR) is 197 cm³/mol. The largest absolute Gasteiger partial charge is 0.444 e. The van der Waals surface area contributed by atoms with Crippen molar-refractivity contribution in [1.29, 1.82) is 0 Å². The van der Waals surface area contributed by atoms with E-state index >= 15 is 4.39 Å². The second kappa shape index (κ2) is 13.0. The number of nitrogens with one attached hydrogen (secondary N) is 1. The number of amides is 2. The number of carbonyl (C=O) groups is 2. The number of halogens is 2. The van der Waals surface area contributed by atoms with Crippen LogP contribution >= 0.6 is 22.9 Å². The van der Waals surface area contributed by atoms with Gasteiger partial charge in [-0.3, -0.25) is 5.32 Å². The number of nitrogens with zero attached hydrogens (tertiary/aromatic N) is 7. The molecule has 2 fully saturated rings. The third-order valence-corrected chi connectivity index (χ3v) is 10.0. The van der Waals surface area contributed by atoms with Crippen LogP contribution in [0.15, 0.2) is 24.3 Å². The maximum Gasteiger partial charge on any atom is 0.413 e. The van der Waals surface area contributed by atoms with E-state index in [4.69, 9.17) is 31.0 Å². The average Bonchev–Trinajstić information content (AvgIpc) is 3.40. The van der Waals surface area contributed by atoms with E-state index in [2.05, 4.69) is 22.1 Å². The summed E-state index contributed by atoms with van der Waals surface area (Å²) in [6, 6.07) is 7.12. The molecule has 2 aromatic heterocycles. The summed E-state index contributed by atoms with van der Waals surface area (Å²) in [7, 11) is 4.07. The molecule has 1 N–H and O–H groups in total. The van der Waals surface area contributed by atoms with Gasteiger partial charge in [0.05, 0.1) is 20.8 Å². The van der Waals surface area contributed by atoms with Crippen molar-refractivity contribution in [2.45, 2.75) is 65.2 Å². The highest BCUT2D eigenvalue weighted by Crippen LogP contribution is 2.43. The van der Waals surface area contributed by atoms with Gasteiger partial charge in [0.2, 0.25) is 5.95 Å². The number of fused-ring (bicyclic) bond motifs is 2. The van der Waals surface area contributed by atoms with Crippen LogP contribution in [0.5, 0.6) is 0 Å². The molecule has 4 heterocycles. The highest BCUT2D eigenvalue weighted by atomic mass is 35.5. The number of para-hydroxylation sites is 1. The van der Waals surface area contributed by atoms with Gasteiger partial charge in [0, 0.05) is 55.8 Å². The molecule has 268 valence electrons. The monoisotopic (exact) mass is 726 g/mol. The van der Waals surface area contributed by atoms with Crippen molar-refractivity contribution in [3.8, 4) is 11.1 Å². The van der Waals surface area contributed by atoms with Crippen LogP contribution in [0.4, 0.5) is 30.9 Å². The molecule has 6 rings (SSSR count). The number of ether oxygens (including phenoxy) is 2. The molecule has 2 aliphatic rings. The zero-order valence-corrected chi connectivity index (χ0v) is 31.6. The lowest BCUT2D eigenvalue weighted by atomic mass is 9.91. The predicted octanol–water partition coefficient (Wildman–Crippen LogP) is 7.24. The van der Waals surface area contributed by atoms with Gasteiger partial charge in [-0.05, 0) is 74.7 Å². The quantitative estimate of drug-likeness (QED) is 0.226. The fourth-order valence-electron chi connectivity index (χ4n) is 6.02. The first-order valence-corrected chi connectivity index (χ1v) is 17.8. The second-order valence-electron chi connectivity index (χ2n) is 15.3. The van der Waals surface area contributed by atoms with Crippen LogP contribution in [-0.2, 0) is 9.47 Å². The third-order valence-electron chi connectivity index (χ3n) is 8.80. The first-order valence-electron chi connectivity index (χ1n) is 16.6. The van der Waals surface area contributed by atoms with Crippen molar-refractivity contribution in [1.82, 2.24) is 24.8 Å². The number of rotatable bonds is 5. The number of aromatic nitrogens is 3. The molecular formula is C35H44ClFN8O4S.